The molecule has 0 aliphatic heterocycles. The summed E-state index contributed by atoms with van der Waals surface area (Å²) in [4.78, 5) is 4.58. The van der Waals surface area contributed by atoms with Crippen molar-refractivity contribution in [3.63, 3.8) is 0 Å². The molecule has 3 heteroatoms. The van der Waals surface area contributed by atoms with E-state index in [1.165, 1.54) is 32.1 Å². The van der Waals surface area contributed by atoms with Crippen LogP contribution in [0.2, 0.25) is 0 Å². The van der Waals surface area contributed by atoms with E-state index in [1.54, 1.807) is 0 Å². The van der Waals surface area contributed by atoms with Crippen molar-refractivity contribution in [1.82, 2.24) is 4.98 Å². The standard InChI is InChI=1S/C13H22N2O/c1-10-12(8-5-9-14)16-13(15-10)11-6-3-2-4-7-11/h11H,2-9,14H2,1H3. The molecule has 0 atom stereocenters. The third-order valence-corrected chi connectivity index (χ3v) is 3.47. The Bertz CT molecular complexity index is 327. The number of hydrogen-bond acceptors (Lipinski definition) is 3. The van der Waals surface area contributed by atoms with Crippen LogP contribution in [0.1, 0.15) is 61.8 Å². The molecule has 0 saturated heterocycles. The highest BCUT2D eigenvalue weighted by molar-refractivity contribution is 5.10. The topological polar surface area (TPSA) is 52.0 Å². The number of rotatable bonds is 4. The number of aryl methyl sites for hydroxylation is 2. The molecule has 0 amide bonds. The van der Waals surface area contributed by atoms with E-state index in [0.717, 1.165) is 36.7 Å². The van der Waals surface area contributed by atoms with Gasteiger partial charge in [0, 0.05) is 12.3 Å². The van der Waals surface area contributed by atoms with Gasteiger partial charge >= 0.3 is 0 Å². The lowest BCUT2D eigenvalue weighted by atomic mass is 9.89. The monoisotopic (exact) mass is 222 g/mol. The van der Waals surface area contributed by atoms with Crippen LogP contribution in [0.3, 0.4) is 0 Å². The second kappa shape index (κ2) is 5.48. The second-order valence-electron chi connectivity index (χ2n) is 4.79. The van der Waals surface area contributed by atoms with Gasteiger partial charge in [0.2, 0.25) is 0 Å². The fourth-order valence-corrected chi connectivity index (χ4v) is 2.47. The summed E-state index contributed by atoms with van der Waals surface area (Å²) >= 11 is 0. The van der Waals surface area contributed by atoms with Gasteiger partial charge in [0.25, 0.3) is 0 Å². The van der Waals surface area contributed by atoms with Crippen molar-refractivity contribution >= 4 is 0 Å². The lowest BCUT2D eigenvalue weighted by Crippen LogP contribution is -2.04. The lowest BCUT2D eigenvalue weighted by Gasteiger charge is -2.17. The quantitative estimate of drug-likeness (QED) is 0.852. The summed E-state index contributed by atoms with van der Waals surface area (Å²) in [5.74, 6) is 2.59. The van der Waals surface area contributed by atoms with Gasteiger partial charge in [-0.3, -0.25) is 0 Å². The van der Waals surface area contributed by atoms with Crippen LogP contribution in [0.4, 0.5) is 0 Å². The van der Waals surface area contributed by atoms with Gasteiger partial charge in [-0.25, -0.2) is 4.98 Å². The summed E-state index contributed by atoms with van der Waals surface area (Å²) in [6.07, 6.45) is 8.43. The number of hydrogen-bond donors (Lipinski definition) is 1. The Hall–Kier alpha value is -0.830. The van der Waals surface area contributed by atoms with Gasteiger partial charge < -0.3 is 10.2 Å². The van der Waals surface area contributed by atoms with Gasteiger partial charge in [-0.05, 0) is 32.7 Å². The van der Waals surface area contributed by atoms with Crippen LogP contribution in [0.15, 0.2) is 4.42 Å². The highest BCUT2D eigenvalue weighted by atomic mass is 16.4. The highest BCUT2D eigenvalue weighted by Crippen LogP contribution is 2.33. The first-order valence-electron chi connectivity index (χ1n) is 6.47. The molecule has 1 aromatic rings. The smallest absolute Gasteiger partial charge is 0.197 e. The largest absolute Gasteiger partial charge is 0.445 e. The summed E-state index contributed by atoms with van der Waals surface area (Å²) in [5, 5.41) is 0. The minimum Gasteiger partial charge on any atom is -0.445 e. The molecule has 0 aromatic carbocycles. The van der Waals surface area contributed by atoms with Crippen LogP contribution in [0.25, 0.3) is 0 Å². The average Bonchev–Trinajstić information content (AvgIpc) is 2.69. The van der Waals surface area contributed by atoms with Crippen molar-refractivity contribution in [3.8, 4) is 0 Å². The van der Waals surface area contributed by atoms with Gasteiger partial charge in [0.05, 0.1) is 5.69 Å². The molecule has 2 rings (SSSR count). The Morgan fingerprint density at radius 3 is 2.75 bits per heavy atom. The van der Waals surface area contributed by atoms with Gasteiger partial charge in [-0.1, -0.05) is 19.3 Å². The molecule has 1 saturated carbocycles. The highest BCUT2D eigenvalue weighted by Gasteiger charge is 2.21. The van der Waals surface area contributed by atoms with Crippen LogP contribution < -0.4 is 5.73 Å². The summed E-state index contributed by atoms with van der Waals surface area (Å²) in [6.45, 7) is 2.76. The van der Waals surface area contributed by atoms with Gasteiger partial charge in [0.1, 0.15) is 5.76 Å². The Balaban J connectivity index is 2.03. The van der Waals surface area contributed by atoms with E-state index in [1.807, 2.05) is 6.92 Å². The Labute approximate surface area is 97.4 Å². The Kier molecular flexibility index (Phi) is 3.99. The van der Waals surface area contributed by atoms with Crippen molar-refractivity contribution < 1.29 is 4.42 Å². The molecule has 1 aliphatic carbocycles. The zero-order chi connectivity index (χ0) is 11.4. The summed E-state index contributed by atoms with van der Waals surface area (Å²) < 4.78 is 5.89. The SMILES string of the molecule is Cc1nc(C2CCCCC2)oc1CCCN. The van der Waals surface area contributed by atoms with E-state index in [-0.39, 0.29) is 0 Å². The molecular weight excluding hydrogens is 200 g/mol. The minimum absolute atomic E-state index is 0.569. The molecule has 0 radical (unpaired) electrons. The first-order valence-corrected chi connectivity index (χ1v) is 6.47. The maximum atomic E-state index is 5.89. The van der Waals surface area contributed by atoms with Crippen LogP contribution in [0.5, 0.6) is 0 Å². The summed E-state index contributed by atoms with van der Waals surface area (Å²) in [5.41, 5.74) is 6.58. The Morgan fingerprint density at radius 1 is 1.31 bits per heavy atom. The zero-order valence-electron chi connectivity index (χ0n) is 10.2. The number of aromatic nitrogens is 1. The molecule has 1 heterocycles. The first kappa shape index (κ1) is 11.6. The van der Waals surface area contributed by atoms with Crippen molar-refractivity contribution in [2.24, 2.45) is 5.73 Å². The number of oxazole rings is 1. The summed E-state index contributed by atoms with van der Waals surface area (Å²) in [6, 6.07) is 0. The minimum atomic E-state index is 0.569. The molecule has 0 unspecified atom stereocenters. The van der Waals surface area contributed by atoms with E-state index >= 15 is 0 Å². The lowest BCUT2D eigenvalue weighted by molar-refractivity contribution is 0.351. The molecule has 1 aromatic heterocycles. The van der Waals surface area contributed by atoms with Gasteiger partial charge in [-0.15, -0.1) is 0 Å². The number of nitrogens with zero attached hydrogens (tertiary/aromatic N) is 1. The molecule has 3 nitrogen and oxygen atoms in total. The van der Waals surface area contributed by atoms with E-state index < -0.39 is 0 Å². The molecule has 90 valence electrons. The predicted molar refractivity (Wildman–Crippen MR) is 64.4 cm³/mol. The zero-order valence-corrected chi connectivity index (χ0v) is 10.2. The van der Waals surface area contributed by atoms with Crippen LogP contribution >= 0.6 is 0 Å². The first-order chi connectivity index (χ1) is 7.81. The summed E-state index contributed by atoms with van der Waals surface area (Å²) in [7, 11) is 0. The normalized spacial score (nSPS) is 17.9. The number of nitrogens with two attached hydrogens (primary N) is 1. The maximum absolute atomic E-state index is 5.89. The van der Waals surface area contributed by atoms with E-state index in [9.17, 15) is 0 Å². The predicted octanol–water partition coefficient (Wildman–Crippen LogP) is 2.92. The van der Waals surface area contributed by atoms with E-state index in [4.69, 9.17) is 10.2 Å². The van der Waals surface area contributed by atoms with Crippen molar-refractivity contribution in [2.45, 2.75) is 57.8 Å². The van der Waals surface area contributed by atoms with Gasteiger partial charge in [0.15, 0.2) is 5.89 Å². The van der Waals surface area contributed by atoms with Crippen molar-refractivity contribution in [1.29, 1.82) is 0 Å². The van der Waals surface area contributed by atoms with Crippen LogP contribution in [-0.2, 0) is 6.42 Å². The van der Waals surface area contributed by atoms with Gasteiger partial charge in [-0.2, -0.15) is 0 Å². The molecule has 16 heavy (non-hydrogen) atoms. The molecule has 1 aliphatic rings. The average molecular weight is 222 g/mol. The molecule has 0 spiro atoms. The van der Waals surface area contributed by atoms with E-state index in [2.05, 4.69) is 4.98 Å². The molecule has 1 fully saturated rings. The van der Waals surface area contributed by atoms with Crippen LogP contribution in [0, 0.1) is 6.92 Å². The van der Waals surface area contributed by atoms with Crippen molar-refractivity contribution in [3.05, 3.63) is 17.3 Å². The van der Waals surface area contributed by atoms with E-state index in [0.29, 0.717) is 5.92 Å². The third-order valence-electron chi connectivity index (χ3n) is 3.47. The fraction of sp³-hybridized carbons (Fsp3) is 0.769. The molecule has 0 bridgehead atoms. The van der Waals surface area contributed by atoms with Crippen LogP contribution in [-0.4, -0.2) is 11.5 Å². The maximum Gasteiger partial charge on any atom is 0.197 e. The molecular formula is C13H22N2O. The Morgan fingerprint density at radius 2 is 2.06 bits per heavy atom. The molecule has 2 N–H and O–H groups in total. The third kappa shape index (κ3) is 2.64. The second-order valence-corrected chi connectivity index (χ2v) is 4.79. The van der Waals surface area contributed by atoms with Crippen molar-refractivity contribution in [2.75, 3.05) is 6.54 Å². The fourth-order valence-electron chi connectivity index (χ4n) is 2.47.